The number of nitrogens with zero attached hydrogens (tertiary/aromatic N) is 2. The highest BCUT2D eigenvalue weighted by molar-refractivity contribution is 8.02. The minimum absolute atomic E-state index is 0.332. The smallest absolute Gasteiger partial charge is 0.137 e. The van der Waals surface area contributed by atoms with Crippen molar-refractivity contribution >= 4 is 45.6 Å². The number of ether oxygens (including phenoxy) is 1. The number of hydrogen-bond acceptors (Lipinski definition) is 6. The van der Waals surface area contributed by atoms with Crippen LogP contribution in [0.25, 0.3) is 0 Å². The molecule has 1 N–H and O–H groups in total. The summed E-state index contributed by atoms with van der Waals surface area (Å²) in [4.78, 5) is 2.55. The van der Waals surface area contributed by atoms with Crippen molar-refractivity contribution in [2.24, 2.45) is 5.41 Å². The number of piperidine rings is 1. The molecule has 172 valence electrons. The van der Waals surface area contributed by atoms with Crippen LogP contribution in [-0.2, 0) is 22.1 Å². The van der Waals surface area contributed by atoms with E-state index in [2.05, 4.69) is 48.6 Å². The zero-order valence-corrected chi connectivity index (χ0v) is 21.9. The van der Waals surface area contributed by atoms with E-state index < -0.39 is 11.0 Å². The zero-order valence-electron chi connectivity index (χ0n) is 19.4. The Morgan fingerprint density at radius 2 is 2.10 bits per heavy atom. The Bertz CT molecular complexity index is 898. The predicted molar refractivity (Wildman–Crippen MR) is 136 cm³/mol. The molecular weight excluding hydrogens is 446 g/mol. The highest BCUT2D eigenvalue weighted by Gasteiger charge is 2.35. The van der Waals surface area contributed by atoms with Gasteiger partial charge in [-0.2, -0.15) is 0 Å². The zero-order chi connectivity index (χ0) is 22.6. The Hall–Kier alpha value is -1.06. The van der Waals surface area contributed by atoms with Crippen LogP contribution in [0.1, 0.15) is 39.2 Å². The van der Waals surface area contributed by atoms with E-state index in [0.717, 1.165) is 40.1 Å². The van der Waals surface area contributed by atoms with Crippen molar-refractivity contribution in [3.63, 3.8) is 0 Å². The second kappa shape index (κ2) is 10.7. The molecule has 1 aromatic carbocycles. The van der Waals surface area contributed by atoms with Crippen molar-refractivity contribution < 1.29 is 8.95 Å². The molecule has 0 bridgehead atoms. The highest BCUT2D eigenvalue weighted by Crippen LogP contribution is 2.42. The van der Waals surface area contributed by atoms with Crippen LogP contribution >= 0.6 is 23.3 Å². The number of methoxy groups -OCH3 is 1. The molecule has 2 heterocycles. The number of nitrogens with one attached hydrogen (secondary N) is 1. The third-order valence-corrected chi connectivity index (χ3v) is 9.38. The van der Waals surface area contributed by atoms with E-state index >= 15 is 0 Å². The van der Waals surface area contributed by atoms with Crippen LogP contribution in [-0.4, -0.2) is 48.9 Å². The van der Waals surface area contributed by atoms with Gasteiger partial charge in [-0.25, -0.2) is 8.51 Å². The van der Waals surface area contributed by atoms with Gasteiger partial charge in [0.1, 0.15) is 15.2 Å². The number of benzene rings is 1. The Kier molecular flexibility index (Phi) is 8.49. The lowest BCUT2D eigenvalue weighted by Crippen LogP contribution is -2.48. The van der Waals surface area contributed by atoms with Crippen LogP contribution in [0.2, 0.25) is 0 Å². The molecule has 5 nitrogen and oxygen atoms in total. The number of hydrogen-bond donors (Lipinski definition) is 1. The fourth-order valence-electron chi connectivity index (χ4n) is 4.13. The van der Waals surface area contributed by atoms with Crippen LogP contribution in [0.4, 0.5) is 11.4 Å². The van der Waals surface area contributed by atoms with E-state index in [1.54, 1.807) is 34.7 Å². The number of rotatable bonds is 9. The molecule has 0 saturated carbocycles. The average Bonchev–Trinajstić information content (AvgIpc) is 3.20. The molecule has 2 atom stereocenters. The molecule has 1 aromatic heterocycles. The minimum atomic E-state index is -1.10. The minimum Gasteiger partial charge on any atom is -0.383 e. The largest absolute Gasteiger partial charge is 0.383 e. The number of anilines is 2. The van der Waals surface area contributed by atoms with Crippen LogP contribution in [0.15, 0.2) is 38.8 Å². The van der Waals surface area contributed by atoms with Gasteiger partial charge in [-0.3, -0.25) is 0 Å². The normalized spacial score (nSPS) is 19.6. The summed E-state index contributed by atoms with van der Waals surface area (Å²) in [5, 5.41) is 0. The Morgan fingerprint density at radius 1 is 1.32 bits per heavy atom. The summed E-state index contributed by atoms with van der Waals surface area (Å²) < 4.78 is 25.2. The van der Waals surface area contributed by atoms with E-state index in [0.29, 0.717) is 11.5 Å². The Labute approximate surface area is 198 Å². The average molecular weight is 482 g/mol. The van der Waals surface area contributed by atoms with Gasteiger partial charge in [0.2, 0.25) is 0 Å². The quantitative estimate of drug-likeness (QED) is 0.469. The van der Waals surface area contributed by atoms with E-state index in [9.17, 15) is 4.21 Å². The molecule has 0 radical (unpaired) electrons. The van der Waals surface area contributed by atoms with Crippen LogP contribution < -0.4 is 9.62 Å². The lowest BCUT2D eigenvalue weighted by atomic mass is 9.78. The van der Waals surface area contributed by atoms with E-state index in [1.165, 1.54) is 17.7 Å². The van der Waals surface area contributed by atoms with Crippen LogP contribution in [0.5, 0.6) is 0 Å². The molecule has 2 unspecified atom stereocenters. The second-order valence-corrected chi connectivity index (χ2v) is 13.0. The summed E-state index contributed by atoms with van der Waals surface area (Å²) in [5.41, 5.74) is 4.11. The number of para-hydroxylation sites is 1. The van der Waals surface area contributed by atoms with Gasteiger partial charge in [0, 0.05) is 13.7 Å². The van der Waals surface area contributed by atoms with Crippen molar-refractivity contribution in [3.8, 4) is 0 Å². The van der Waals surface area contributed by atoms with Crippen LogP contribution in [0.3, 0.4) is 0 Å². The van der Waals surface area contributed by atoms with Crippen molar-refractivity contribution in [2.45, 2.75) is 54.5 Å². The second-order valence-electron chi connectivity index (χ2n) is 8.93. The standard InChI is InChI=1S/C23H35N3O2S3/c1-7-17-9-8-10-19(24-30-20-11-12-21(29-20)31(27)25(4)5)22(17)26-14-13-23(2,3)15-18(26)16-28-6/h8-12,18,24H,7,13-16H2,1-6H3. The van der Waals surface area contributed by atoms with Gasteiger partial charge in [-0.05, 0) is 74.5 Å². The van der Waals surface area contributed by atoms with Crippen molar-refractivity contribution in [2.75, 3.05) is 44.0 Å². The van der Waals surface area contributed by atoms with Gasteiger partial charge in [0.25, 0.3) is 0 Å². The first-order chi connectivity index (χ1) is 14.8. The Balaban J connectivity index is 1.85. The van der Waals surface area contributed by atoms with Gasteiger partial charge in [-0.1, -0.05) is 32.9 Å². The van der Waals surface area contributed by atoms with E-state index in [4.69, 9.17) is 4.74 Å². The summed E-state index contributed by atoms with van der Waals surface area (Å²) in [6.07, 6.45) is 3.28. The summed E-state index contributed by atoms with van der Waals surface area (Å²) >= 11 is 3.17. The maximum absolute atomic E-state index is 12.3. The lowest BCUT2D eigenvalue weighted by molar-refractivity contribution is 0.132. The summed E-state index contributed by atoms with van der Waals surface area (Å²) in [5.74, 6) is 0. The summed E-state index contributed by atoms with van der Waals surface area (Å²) in [7, 11) is 4.36. The fourth-order valence-corrected chi connectivity index (χ4v) is 7.37. The summed E-state index contributed by atoms with van der Waals surface area (Å²) in [6.45, 7) is 8.71. The third kappa shape index (κ3) is 6.05. The Morgan fingerprint density at radius 3 is 2.77 bits per heavy atom. The molecule has 0 spiro atoms. The molecule has 2 aromatic rings. The van der Waals surface area contributed by atoms with Gasteiger partial charge < -0.3 is 14.4 Å². The van der Waals surface area contributed by atoms with Crippen LogP contribution in [0, 0.1) is 5.41 Å². The first-order valence-corrected chi connectivity index (χ1v) is 13.5. The molecule has 1 saturated heterocycles. The molecule has 0 aliphatic carbocycles. The lowest BCUT2D eigenvalue weighted by Gasteiger charge is -2.45. The first kappa shape index (κ1) is 24.6. The first-order valence-electron chi connectivity index (χ1n) is 10.7. The van der Waals surface area contributed by atoms with Gasteiger partial charge in [-0.15, -0.1) is 11.3 Å². The van der Waals surface area contributed by atoms with E-state index in [1.807, 2.05) is 26.2 Å². The number of thiophene rings is 1. The van der Waals surface area contributed by atoms with Crippen molar-refractivity contribution in [1.29, 1.82) is 0 Å². The molecule has 8 heteroatoms. The van der Waals surface area contributed by atoms with E-state index in [-0.39, 0.29) is 0 Å². The molecular formula is C23H35N3O2S3. The van der Waals surface area contributed by atoms with Crippen molar-refractivity contribution in [3.05, 3.63) is 35.9 Å². The highest BCUT2D eigenvalue weighted by atomic mass is 32.2. The predicted octanol–water partition coefficient (Wildman–Crippen LogP) is 5.66. The maximum atomic E-state index is 12.3. The summed E-state index contributed by atoms with van der Waals surface area (Å²) in [6, 6.07) is 10.9. The molecule has 1 aliphatic rings. The topological polar surface area (TPSA) is 44.8 Å². The molecule has 0 amide bonds. The molecule has 1 fully saturated rings. The maximum Gasteiger partial charge on any atom is 0.137 e. The fraction of sp³-hybridized carbons (Fsp3) is 0.565. The molecule has 3 rings (SSSR count). The van der Waals surface area contributed by atoms with Gasteiger partial charge >= 0.3 is 0 Å². The third-order valence-electron chi connectivity index (χ3n) is 5.73. The SMILES string of the molecule is CCc1cccc(NSc2ccc(S(=O)N(C)C)s2)c1N1CCC(C)(C)CC1COC. The molecule has 1 aliphatic heterocycles. The number of aryl methyl sites for hydroxylation is 1. The van der Waals surface area contributed by atoms with Gasteiger partial charge in [0.05, 0.1) is 28.2 Å². The molecule has 31 heavy (non-hydrogen) atoms. The van der Waals surface area contributed by atoms with Crippen molar-refractivity contribution in [1.82, 2.24) is 4.31 Å². The van der Waals surface area contributed by atoms with Gasteiger partial charge in [0.15, 0.2) is 0 Å². The monoisotopic (exact) mass is 481 g/mol.